The smallest absolute Gasteiger partial charge is 0.222 e. The van der Waals surface area contributed by atoms with Crippen LogP contribution in [0.3, 0.4) is 0 Å². The van der Waals surface area contributed by atoms with Crippen molar-refractivity contribution in [3.63, 3.8) is 0 Å². The molecule has 106 valence electrons. The van der Waals surface area contributed by atoms with Crippen LogP contribution >= 0.6 is 0 Å². The minimum atomic E-state index is -0.540. The predicted octanol–water partition coefficient (Wildman–Crippen LogP) is 1.43. The first-order chi connectivity index (χ1) is 8.61. The average Bonchev–Trinajstić information content (AvgIpc) is 2.30. The highest BCUT2D eigenvalue weighted by molar-refractivity contribution is 5.76. The van der Waals surface area contributed by atoms with Crippen molar-refractivity contribution in [1.82, 2.24) is 10.6 Å². The van der Waals surface area contributed by atoms with Gasteiger partial charge in [-0.15, -0.1) is 0 Å². The molecule has 0 bridgehead atoms. The van der Waals surface area contributed by atoms with Crippen molar-refractivity contribution < 1.29 is 9.90 Å². The lowest BCUT2D eigenvalue weighted by Gasteiger charge is -2.29. The van der Waals surface area contributed by atoms with Crippen LogP contribution in [0.5, 0.6) is 0 Å². The highest BCUT2D eigenvalue weighted by Gasteiger charge is 2.22. The molecular weight excluding hydrogens is 228 g/mol. The van der Waals surface area contributed by atoms with Gasteiger partial charge in [-0.2, -0.15) is 0 Å². The Morgan fingerprint density at radius 3 is 2.56 bits per heavy atom. The van der Waals surface area contributed by atoms with Gasteiger partial charge in [0, 0.05) is 6.04 Å². The maximum absolute atomic E-state index is 11.5. The molecule has 1 saturated carbocycles. The maximum Gasteiger partial charge on any atom is 0.222 e. The van der Waals surface area contributed by atoms with E-state index >= 15 is 0 Å². The lowest BCUT2D eigenvalue weighted by molar-refractivity contribution is -0.123. The van der Waals surface area contributed by atoms with Gasteiger partial charge in [-0.3, -0.25) is 4.79 Å². The molecule has 1 fully saturated rings. The second-order valence-corrected chi connectivity index (χ2v) is 5.48. The van der Waals surface area contributed by atoms with E-state index in [4.69, 9.17) is 5.11 Å². The number of hydrogen-bond acceptors (Lipinski definition) is 3. The largest absolute Gasteiger partial charge is 0.393 e. The molecule has 0 heterocycles. The first-order valence-electron chi connectivity index (χ1n) is 7.30. The number of rotatable bonds is 7. The number of carbonyl (C=O) groups is 1. The summed E-state index contributed by atoms with van der Waals surface area (Å²) in [6.07, 6.45) is 5.53. The normalized spacial score (nSPS) is 25.7. The van der Waals surface area contributed by atoms with Crippen molar-refractivity contribution in [2.24, 2.45) is 5.92 Å². The topological polar surface area (TPSA) is 61.4 Å². The van der Waals surface area contributed by atoms with Crippen LogP contribution in [-0.4, -0.2) is 36.2 Å². The Morgan fingerprint density at radius 1 is 1.33 bits per heavy atom. The minimum absolute atomic E-state index is 0.0129. The summed E-state index contributed by atoms with van der Waals surface area (Å²) >= 11 is 0. The molecule has 0 radical (unpaired) electrons. The van der Waals surface area contributed by atoms with E-state index in [1.54, 1.807) is 6.92 Å². The monoisotopic (exact) mass is 256 g/mol. The van der Waals surface area contributed by atoms with Crippen LogP contribution in [0.25, 0.3) is 0 Å². The highest BCUT2D eigenvalue weighted by atomic mass is 16.3. The van der Waals surface area contributed by atoms with Gasteiger partial charge in [0.05, 0.1) is 12.5 Å². The Kier molecular flexibility index (Phi) is 7.28. The Hall–Kier alpha value is -0.610. The van der Waals surface area contributed by atoms with Crippen LogP contribution in [0.1, 0.15) is 52.4 Å². The van der Waals surface area contributed by atoms with Gasteiger partial charge in [0.15, 0.2) is 0 Å². The summed E-state index contributed by atoms with van der Waals surface area (Å²) in [5, 5.41) is 15.5. The van der Waals surface area contributed by atoms with E-state index in [-0.39, 0.29) is 12.3 Å². The Bertz CT molecular complexity index is 236. The van der Waals surface area contributed by atoms with Crippen molar-refractivity contribution in [2.45, 2.75) is 64.5 Å². The van der Waals surface area contributed by atoms with Crippen LogP contribution < -0.4 is 10.6 Å². The number of carbonyl (C=O) groups excluding carboxylic acids is 1. The molecule has 3 N–H and O–H groups in total. The average molecular weight is 256 g/mol. The van der Waals surface area contributed by atoms with Gasteiger partial charge in [-0.1, -0.05) is 6.92 Å². The molecule has 0 unspecified atom stereocenters. The van der Waals surface area contributed by atoms with Crippen LogP contribution in [0, 0.1) is 5.92 Å². The molecule has 0 aromatic carbocycles. The Morgan fingerprint density at radius 2 is 2.00 bits per heavy atom. The van der Waals surface area contributed by atoms with Gasteiger partial charge in [0.1, 0.15) is 0 Å². The van der Waals surface area contributed by atoms with E-state index in [9.17, 15) is 4.79 Å². The van der Waals surface area contributed by atoms with E-state index in [1.165, 1.54) is 19.3 Å². The van der Waals surface area contributed by atoms with Crippen molar-refractivity contribution in [3.8, 4) is 0 Å². The highest BCUT2D eigenvalue weighted by Crippen LogP contribution is 2.26. The zero-order chi connectivity index (χ0) is 13.4. The minimum Gasteiger partial charge on any atom is -0.393 e. The van der Waals surface area contributed by atoms with Crippen LogP contribution in [0.4, 0.5) is 0 Å². The third-order valence-corrected chi connectivity index (χ3v) is 3.67. The number of amides is 1. The lowest BCUT2D eigenvalue weighted by Crippen LogP contribution is -2.39. The molecule has 4 heteroatoms. The fraction of sp³-hybridized carbons (Fsp3) is 0.929. The number of hydrogen-bond donors (Lipinski definition) is 3. The zero-order valence-corrected chi connectivity index (χ0v) is 11.7. The zero-order valence-electron chi connectivity index (χ0n) is 11.7. The molecule has 0 aromatic rings. The SMILES string of the molecule is CCNCC[C@H]1CC[C@H](NC(=O)C[C@H](C)O)CC1. The molecule has 1 atom stereocenters. The summed E-state index contributed by atoms with van der Waals surface area (Å²) < 4.78 is 0. The second-order valence-electron chi connectivity index (χ2n) is 5.48. The summed E-state index contributed by atoms with van der Waals surface area (Å²) in [7, 11) is 0. The van der Waals surface area contributed by atoms with Crippen molar-refractivity contribution in [1.29, 1.82) is 0 Å². The second kappa shape index (κ2) is 8.48. The molecule has 0 spiro atoms. The molecule has 1 aliphatic carbocycles. The fourth-order valence-electron chi connectivity index (χ4n) is 2.63. The van der Waals surface area contributed by atoms with Gasteiger partial charge in [0.2, 0.25) is 5.91 Å². The van der Waals surface area contributed by atoms with Gasteiger partial charge in [0.25, 0.3) is 0 Å². The molecule has 18 heavy (non-hydrogen) atoms. The third kappa shape index (κ3) is 6.36. The molecule has 1 rings (SSSR count). The number of aliphatic hydroxyl groups is 1. The van der Waals surface area contributed by atoms with Gasteiger partial charge < -0.3 is 15.7 Å². The van der Waals surface area contributed by atoms with Gasteiger partial charge >= 0.3 is 0 Å². The Labute approximate surface area is 111 Å². The lowest BCUT2D eigenvalue weighted by atomic mass is 9.84. The molecular formula is C14H28N2O2. The Balaban J connectivity index is 2.13. The summed E-state index contributed by atoms with van der Waals surface area (Å²) in [4.78, 5) is 11.5. The predicted molar refractivity (Wildman–Crippen MR) is 73.3 cm³/mol. The van der Waals surface area contributed by atoms with Gasteiger partial charge in [-0.25, -0.2) is 0 Å². The summed E-state index contributed by atoms with van der Waals surface area (Å²) in [5.41, 5.74) is 0. The summed E-state index contributed by atoms with van der Waals surface area (Å²) in [6, 6.07) is 0.326. The molecule has 0 saturated heterocycles. The van der Waals surface area contributed by atoms with E-state index in [1.807, 2.05) is 0 Å². The molecule has 1 aliphatic rings. The fourth-order valence-corrected chi connectivity index (χ4v) is 2.63. The van der Waals surface area contributed by atoms with Crippen LogP contribution in [-0.2, 0) is 4.79 Å². The molecule has 0 aromatic heterocycles. The summed E-state index contributed by atoms with van der Waals surface area (Å²) in [5.74, 6) is 0.801. The van der Waals surface area contributed by atoms with Crippen LogP contribution in [0.2, 0.25) is 0 Å². The van der Waals surface area contributed by atoms with Crippen molar-refractivity contribution in [2.75, 3.05) is 13.1 Å². The molecule has 4 nitrogen and oxygen atoms in total. The van der Waals surface area contributed by atoms with E-state index in [2.05, 4.69) is 17.6 Å². The first kappa shape index (κ1) is 15.4. The maximum atomic E-state index is 11.5. The first-order valence-corrected chi connectivity index (χ1v) is 7.30. The van der Waals surface area contributed by atoms with E-state index < -0.39 is 6.10 Å². The third-order valence-electron chi connectivity index (χ3n) is 3.67. The van der Waals surface area contributed by atoms with Crippen LogP contribution in [0.15, 0.2) is 0 Å². The summed E-state index contributed by atoms with van der Waals surface area (Å²) in [6.45, 7) is 5.94. The van der Waals surface area contributed by atoms with Crippen molar-refractivity contribution in [3.05, 3.63) is 0 Å². The molecule has 1 amide bonds. The number of nitrogens with one attached hydrogen (secondary N) is 2. The van der Waals surface area contributed by atoms with Gasteiger partial charge in [-0.05, 0) is 58.0 Å². The van der Waals surface area contributed by atoms with E-state index in [0.717, 1.165) is 31.8 Å². The standard InChI is InChI=1S/C14H28N2O2/c1-3-15-9-8-12-4-6-13(7-5-12)16-14(18)10-11(2)17/h11-13,15,17H,3-10H2,1-2H3,(H,16,18)/t11-,12-,13-/m0/s1. The van der Waals surface area contributed by atoms with E-state index in [0.29, 0.717) is 6.04 Å². The quantitative estimate of drug-likeness (QED) is 0.604. The number of aliphatic hydroxyl groups excluding tert-OH is 1. The molecule has 0 aliphatic heterocycles. The van der Waals surface area contributed by atoms with Crippen molar-refractivity contribution >= 4 is 5.91 Å².